The topological polar surface area (TPSA) is 12.0 Å². The molecule has 4 rings (SSSR count). The minimum absolute atomic E-state index is 0.234. The lowest BCUT2D eigenvalue weighted by Gasteiger charge is -2.39. The molecule has 3 unspecified atom stereocenters. The van der Waals surface area contributed by atoms with Crippen LogP contribution in [0.25, 0.3) is 0 Å². The third-order valence-corrected chi connectivity index (χ3v) is 6.33. The number of fused-ring (bicyclic) bond motifs is 2. The largest absolute Gasteiger partial charge is 0.313 e. The fourth-order valence-corrected chi connectivity index (χ4v) is 4.97. The molecule has 3 aliphatic rings. The molecule has 3 aliphatic carbocycles. The maximum Gasteiger partial charge on any atom is 0.124 e. The van der Waals surface area contributed by atoms with Crippen LogP contribution in [0.15, 0.2) is 18.2 Å². The van der Waals surface area contributed by atoms with E-state index in [2.05, 4.69) is 5.32 Å². The van der Waals surface area contributed by atoms with Crippen LogP contribution in [0.5, 0.6) is 0 Å². The van der Waals surface area contributed by atoms with Gasteiger partial charge in [0.15, 0.2) is 0 Å². The predicted molar refractivity (Wildman–Crippen MR) is 84.0 cm³/mol. The highest BCUT2D eigenvalue weighted by Gasteiger charge is 2.50. The second-order valence-corrected chi connectivity index (χ2v) is 7.92. The fraction of sp³-hybridized carbons (Fsp3) is 0.667. The molecule has 0 aromatic heterocycles. The molecule has 3 atom stereocenters. The predicted octanol–water partition coefficient (Wildman–Crippen LogP) is 4.58. The summed E-state index contributed by atoms with van der Waals surface area (Å²) in [5, 5.41) is 4.36. The van der Waals surface area contributed by atoms with Gasteiger partial charge in [0.2, 0.25) is 0 Å². The lowest BCUT2D eigenvalue weighted by Crippen LogP contribution is -2.41. The monoisotopic (exact) mass is 307 g/mol. The molecule has 3 heteroatoms. The van der Waals surface area contributed by atoms with E-state index in [4.69, 9.17) is 11.6 Å². The smallest absolute Gasteiger partial charge is 0.124 e. The minimum Gasteiger partial charge on any atom is -0.313 e. The van der Waals surface area contributed by atoms with E-state index >= 15 is 0 Å². The Morgan fingerprint density at radius 2 is 2.10 bits per heavy atom. The second kappa shape index (κ2) is 5.24. The Bertz CT molecular complexity index is 542. The Morgan fingerprint density at radius 3 is 2.71 bits per heavy atom. The van der Waals surface area contributed by atoms with Gasteiger partial charge in [-0.05, 0) is 73.5 Å². The van der Waals surface area contributed by atoms with Gasteiger partial charge in [0, 0.05) is 17.6 Å². The summed E-state index contributed by atoms with van der Waals surface area (Å²) in [4.78, 5) is 0. The van der Waals surface area contributed by atoms with Gasteiger partial charge in [-0.1, -0.05) is 24.1 Å². The Labute approximate surface area is 131 Å². The lowest BCUT2D eigenvalue weighted by molar-refractivity contribution is 0.155. The Kier molecular flexibility index (Phi) is 3.50. The molecule has 1 aromatic carbocycles. The van der Waals surface area contributed by atoms with Gasteiger partial charge in [-0.15, -0.1) is 0 Å². The van der Waals surface area contributed by atoms with Crippen molar-refractivity contribution in [2.24, 2.45) is 17.3 Å². The highest BCUT2D eigenvalue weighted by molar-refractivity contribution is 6.31. The van der Waals surface area contributed by atoms with Crippen LogP contribution in [0.2, 0.25) is 5.02 Å². The Morgan fingerprint density at radius 1 is 1.24 bits per heavy atom. The molecule has 114 valence electrons. The SMILES string of the molecule is Fc1ccc(CC2(CNC3CC3)CC3CCC2C3)c(Cl)c1. The van der Waals surface area contributed by atoms with Crippen LogP contribution >= 0.6 is 11.6 Å². The van der Waals surface area contributed by atoms with E-state index < -0.39 is 0 Å². The number of hydrogen-bond donors (Lipinski definition) is 1. The summed E-state index contributed by atoms with van der Waals surface area (Å²) in [5.74, 6) is 1.51. The maximum absolute atomic E-state index is 13.3. The van der Waals surface area contributed by atoms with E-state index in [0.717, 1.165) is 36.4 Å². The van der Waals surface area contributed by atoms with E-state index in [1.807, 2.05) is 6.07 Å². The molecule has 3 saturated carbocycles. The van der Waals surface area contributed by atoms with Crippen LogP contribution in [0.3, 0.4) is 0 Å². The van der Waals surface area contributed by atoms with Gasteiger partial charge in [-0.2, -0.15) is 0 Å². The van der Waals surface area contributed by atoms with Crippen molar-refractivity contribution in [2.75, 3.05) is 6.54 Å². The van der Waals surface area contributed by atoms with Gasteiger partial charge < -0.3 is 5.32 Å². The summed E-state index contributed by atoms with van der Waals surface area (Å²) < 4.78 is 13.3. The summed E-state index contributed by atoms with van der Waals surface area (Å²) in [6, 6.07) is 5.66. The number of benzene rings is 1. The van der Waals surface area contributed by atoms with E-state index in [1.54, 1.807) is 6.07 Å². The van der Waals surface area contributed by atoms with Crippen molar-refractivity contribution in [2.45, 2.75) is 51.0 Å². The quantitative estimate of drug-likeness (QED) is 0.839. The standard InChI is InChI=1S/C18H23ClFN/c19-17-8-15(20)4-2-13(17)10-18(11-21-16-5-6-16)9-12-1-3-14(18)7-12/h2,4,8,12,14,16,21H,1,3,5-7,9-11H2. The average Bonchev–Trinajstić information content (AvgIpc) is 3.09. The van der Waals surface area contributed by atoms with E-state index in [9.17, 15) is 4.39 Å². The Balaban J connectivity index is 1.57. The zero-order valence-electron chi connectivity index (χ0n) is 12.4. The van der Waals surface area contributed by atoms with Gasteiger partial charge in [-0.25, -0.2) is 4.39 Å². The molecule has 0 heterocycles. The van der Waals surface area contributed by atoms with Crippen molar-refractivity contribution in [1.29, 1.82) is 0 Å². The molecule has 0 saturated heterocycles. The van der Waals surface area contributed by atoms with Crippen LogP contribution < -0.4 is 5.32 Å². The lowest BCUT2D eigenvalue weighted by atomic mass is 9.69. The molecular formula is C18H23ClFN. The first-order valence-corrected chi connectivity index (χ1v) is 8.70. The summed E-state index contributed by atoms with van der Waals surface area (Å²) in [5.41, 5.74) is 1.48. The summed E-state index contributed by atoms with van der Waals surface area (Å²) in [7, 11) is 0. The van der Waals surface area contributed by atoms with Gasteiger partial charge in [0.1, 0.15) is 5.82 Å². The average molecular weight is 308 g/mol. The van der Waals surface area contributed by atoms with Crippen molar-refractivity contribution in [3.63, 3.8) is 0 Å². The van der Waals surface area contributed by atoms with Crippen LogP contribution in [0.4, 0.5) is 4.39 Å². The summed E-state index contributed by atoms with van der Waals surface area (Å²) >= 11 is 6.29. The van der Waals surface area contributed by atoms with Crippen LogP contribution in [-0.4, -0.2) is 12.6 Å². The molecule has 21 heavy (non-hydrogen) atoms. The number of rotatable bonds is 5. The summed E-state index contributed by atoms with van der Waals surface area (Å²) in [6.07, 6.45) is 9.18. The molecule has 1 N–H and O–H groups in total. The van der Waals surface area contributed by atoms with E-state index in [0.29, 0.717) is 10.4 Å². The number of nitrogens with one attached hydrogen (secondary N) is 1. The molecule has 2 bridgehead atoms. The molecule has 0 aliphatic heterocycles. The zero-order chi connectivity index (χ0) is 14.4. The second-order valence-electron chi connectivity index (χ2n) is 7.51. The molecule has 1 aromatic rings. The maximum atomic E-state index is 13.3. The molecule has 0 amide bonds. The highest BCUT2D eigenvalue weighted by Crippen LogP contribution is 2.57. The third kappa shape index (κ3) is 2.73. The van der Waals surface area contributed by atoms with Crippen LogP contribution in [-0.2, 0) is 6.42 Å². The molecule has 3 fully saturated rings. The molecule has 1 nitrogen and oxygen atoms in total. The van der Waals surface area contributed by atoms with E-state index in [1.165, 1.54) is 44.6 Å². The number of halogens is 2. The van der Waals surface area contributed by atoms with Gasteiger partial charge in [0.25, 0.3) is 0 Å². The third-order valence-electron chi connectivity index (χ3n) is 5.98. The first-order chi connectivity index (χ1) is 10.1. The van der Waals surface area contributed by atoms with Gasteiger partial charge in [-0.3, -0.25) is 0 Å². The first kappa shape index (κ1) is 14.0. The van der Waals surface area contributed by atoms with E-state index in [-0.39, 0.29) is 5.82 Å². The van der Waals surface area contributed by atoms with Gasteiger partial charge >= 0.3 is 0 Å². The molecule has 0 radical (unpaired) electrons. The van der Waals surface area contributed by atoms with Crippen LogP contribution in [0.1, 0.15) is 44.1 Å². The first-order valence-electron chi connectivity index (χ1n) is 8.32. The fourth-order valence-electron chi connectivity index (χ4n) is 4.73. The Hall–Kier alpha value is -0.600. The van der Waals surface area contributed by atoms with Crippen LogP contribution in [0, 0.1) is 23.1 Å². The van der Waals surface area contributed by atoms with Crippen molar-refractivity contribution < 1.29 is 4.39 Å². The summed E-state index contributed by atoms with van der Waals surface area (Å²) in [6.45, 7) is 1.12. The molecule has 0 spiro atoms. The highest BCUT2D eigenvalue weighted by atomic mass is 35.5. The normalized spacial score (nSPS) is 34.6. The van der Waals surface area contributed by atoms with Crippen molar-refractivity contribution >= 4 is 11.6 Å². The number of hydrogen-bond acceptors (Lipinski definition) is 1. The van der Waals surface area contributed by atoms with Crippen molar-refractivity contribution in [1.82, 2.24) is 5.32 Å². The van der Waals surface area contributed by atoms with Gasteiger partial charge in [0.05, 0.1) is 0 Å². The van der Waals surface area contributed by atoms with Crippen molar-refractivity contribution in [3.8, 4) is 0 Å². The zero-order valence-corrected chi connectivity index (χ0v) is 13.1. The minimum atomic E-state index is -0.234. The molecular weight excluding hydrogens is 285 g/mol. The van der Waals surface area contributed by atoms with Crippen molar-refractivity contribution in [3.05, 3.63) is 34.6 Å².